The minimum atomic E-state index is -3.77. The first-order chi connectivity index (χ1) is 15.7. The molecule has 0 radical (unpaired) electrons. The van der Waals surface area contributed by atoms with E-state index in [0.717, 1.165) is 11.4 Å². The van der Waals surface area contributed by atoms with Crippen LogP contribution in [-0.2, 0) is 11.2 Å². The maximum atomic E-state index is 6.86. The molecular weight excluding hydrogens is 465 g/mol. The molecule has 11 heterocycles. The van der Waals surface area contributed by atoms with Gasteiger partial charge in [-0.15, -0.1) is 0 Å². The van der Waals surface area contributed by atoms with E-state index in [9.17, 15) is 0 Å². The topological polar surface area (TPSA) is 21.6 Å². The van der Waals surface area contributed by atoms with E-state index in [1.165, 1.54) is 39.6 Å². The van der Waals surface area contributed by atoms with Crippen molar-refractivity contribution < 1.29 is 11.2 Å². The van der Waals surface area contributed by atoms with Crippen LogP contribution in [0, 0.1) is 5.41 Å². The van der Waals surface area contributed by atoms with Gasteiger partial charge in [0.1, 0.15) is 0 Å². The molecule has 0 amide bonds. The molecule has 0 N–H and O–H groups in total. The molecule has 11 aliphatic heterocycles. The Hall–Kier alpha value is -1.14. The van der Waals surface area contributed by atoms with Gasteiger partial charge in [-0.25, -0.2) is 0 Å². The summed E-state index contributed by atoms with van der Waals surface area (Å²) in [7, 11) is -0.336. The second-order valence-corrected chi connectivity index (χ2v) is 42.4. The summed E-state index contributed by atoms with van der Waals surface area (Å²) in [6, 6.07) is 24.0. The predicted octanol–water partition coefficient (Wildman–Crippen LogP) is 6.63. The number of hydrogen-bond donors (Lipinski definition) is 0. The number of rotatable bonds is 4. The van der Waals surface area contributed by atoms with Crippen molar-refractivity contribution in [2.24, 2.45) is 10.4 Å². The third-order valence-corrected chi connectivity index (χ3v) is 68.8. The van der Waals surface area contributed by atoms with E-state index in [2.05, 4.69) is 81.4 Å². The Morgan fingerprint density at radius 3 is 1.79 bits per heavy atom. The number of nitrogens with zero attached hydrogens (tertiary/aromatic N) is 1. The van der Waals surface area contributed by atoms with Crippen LogP contribution in [0.1, 0.15) is 20.8 Å². The molecule has 2 aromatic carbocycles. The van der Waals surface area contributed by atoms with Crippen molar-refractivity contribution in [3.05, 3.63) is 60.7 Å². The van der Waals surface area contributed by atoms with Crippen molar-refractivity contribution in [2.45, 2.75) is 73.7 Å². The quantitative estimate of drug-likeness (QED) is 0.345. The van der Waals surface area contributed by atoms with Gasteiger partial charge < -0.3 is 0 Å². The summed E-state index contributed by atoms with van der Waals surface area (Å²) < 4.78 is 8.01. The van der Waals surface area contributed by atoms with Crippen molar-refractivity contribution in [1.82, 2.24) is 0 Å². The van der Waals surface area contributed by atoms with Gasteiger partial charge in [0.15, 0.2) is 0 Å². The fourth-order valence-electron chi connectivity index (χ4n) is 20.4. The van der Waals surface area contributed by atoms with E-state index in [-0.39, 0.29) is 13.3 Å². The number of fused-ring (bicyclic) bond motifs is 10. The Balaban J connectivity index is 1.18. The Kier molecular flexibility index (Phi) is 1.01. The number of benzene rings is 2. The Morgan fingerprint density at radius 2 is 1.36 bits per heavy atom. The molecule has 10 fully saturated rings. The van der Waals surface area contributed by atoms with Crippen LogP contribution >= 0.6 is 7.92 Å². The van der Waals surface area contributed by atoms with E-state index in [0.29, 0.717) is 14.4 Å². The molecule has 170 valence electrons. The Labute approximate surface area is 186 Å². The van der Waals surface area contributed by atoms with Crippen LogP contribution < -0.4 is 10.6 Å². The summed E-state index contributed by atoms with van der Waals surface area (Å²) in [5.74, 6) is 1.36. The first-order valence-electron chi connectivity index (χ1n) is 13.1. The summed E-state index contributed by atoms with van der Waals surface area (Å²) in [5, 5.41) is 3.33. The van der Waals surface area contributed by atoms with Gasteiger partial charge in [0, 0.05) is 0 Å². The predicted molar refractivity (Wildman–Crippen MR) is 131 cm³/mol. The van der Waals surface area contributed by atoms with Crippen molar-refractivity contribution >= 4 is 24.4 Å². The van der Waals surface area contributed by atoms with Crippen molar-refractivity contribution in [3.8, 4) is 0 Å². The summed E-state index contributed by atoms with van der Waals surface area (Å²) in [6.07, 6.45) is 0. The molecule has 33 heavy (non-hydrogen) atoms. The van der Waals surface area contributed by atoms with Crippen LogP contribution in [0.4, 0.5) is 0 Å². The second-order valence-electron chi connectivity index (χ2n) is 16.3. The first-order valence-corrected chi connectivity index (χ1v) is 20.6. The van der Waals surface area contributed by atoms with E-state index in [4.69, 9.17) is 9.73 Å². The standard InChI is InChI=1S/C24H25NOP.C5H5.Fe/c1-24(2,3)22-17-26-23(25-22)20-15-10-16-21(20)27(18-11-6-4-7-12-18)19-13-8-5-9-14-19;1-2-4-5-3-1;/h4-16,22H,17H2,1-3H3;1-5H;/t22-;;/m1../s1. The molecule has 2 nitrogen and oxygen atoms in total. The molecule has 1 spiro atoms. The van der Waals surface area contributed by atoms with E-state index < -0.39 is 6.51 Å². The zero-order valence-corrected chi connectivity index (χ0v) is 21.3. The van der Waals surface area contributed by atoms with E-state index in [1.807, 2.05) is 0 Å². The monoisotopic (exact) mass is 495 g/mol. The fourth-order valence-corrected chi connectivity index (χ4v) is 110. The van der Waals surface area contributed by atoms with Crippen LogP contribution in [0.15, 0.2) is 65.7 Å². The summed E-state index contributed by atoms with van der Waals surface area (Å²) >= 11 is 0. The van der Waals surface area contributed by atoms with E-state index >= 15 is 0 Å². The summed E-state index contributed by atoms with van der Waals surface area (Å²) in [5.41, 5.74) is 0.201. The van der Waals surface area contributed by atoms with Gasteiger partial charge in [0.2, 0.25) is 0 Å². The average Bonchev–Trinajstić information content (AvgIpc) is 3.68. The number of aliphatic imine (C=N–C) groups is 1. The zero-order chi connectivity index (χ0) is 21.5. The third kappa shape index (κ3) is 0.335. The molecule has 4 unspecified atom stereocenters. The molecule has 13 rings (SSSR count). The van der Waals surface area contributed by atoms with Crippen LogP contribution in [0.25, 0.3) is 0 Å². The summed E-state index contributed by atoms with van der Waals surface area (Å²) in [6.45, 7) is 4.16. The average molecular weight is 495 g/mol. The van der Waals surface area contributed by atoms with Gasteiger partial charge in [0.05, 0.1) is 0 Å². The molecule has 0 saturated carbocycles. The van der Waals surface area contributed by atoms with Crippen molar-refractivity contribution in [2.75, 3.05) is 6.61 Å². The molecular formula is C29H30FeNOP. The summed E-state index contributed by atoms with van der Waals surface area (Å²) in [4.78, 5) is 15.4. The molecule has 0 aromatic heterocycles. The SMILES string of the molecule is CC(C)(C)[C@H]1COC([C]23[CH]4[CH]5[CH]6[C@]2(P(c2ccccc2)c2ccccc2)[Fe]54632789[CH]3[CH]2[CH]7[CH]8[CH]39)=N1. The zero-order valence-electron chi connectivity index (χ0n) is 19.3. The normalized spacial score (nSPS) is 74.2. The van der Waals surface area contributed by atoms with Gasteiger partial charge in [-0.05, 0) is 0 Å². The molecule has 2 aromatic rings. The Morgan fingerprint density at radius 1 is 0.818 bits per heavy atom. The van der Waals surface area contributed by atoms with Crippen LogP contribution in [0.5, 0.6) is 0 Å². The first kappa shape index (κ1) is 15.8. The van der Waals surface area contributed by atoms with Gasteiger partial charge in [0.25, 0.3) is 0 Å². The van der Waals surface area contributed by atoms with Gasteiger partial charge in [-0.1, -0.05) is 0 Å². The molecule has 0 aliphatic carbocycles. The third-order valence-electron chi connectivity index (χ3n) is 19.1. The molecule has 6 atom stereocenters. The van der Waals surface area contributed by atoms with Crippen molar-refractivity contribution in [1.29, 1.82) is 0 Å². The minimum absolute atomic E-state index is 0.201. The molecule has 11 aliphatic rings. The van der Waals surface area contributed by atoms with Crippen LogP contribution in [0.2, 0.25) is 42.8 Å². The molecule has 10 saturated heterocycles. The van der Waals surface area contributed by atoms with E-state index in [1.54, 1.807) is 10.6 Å². The molecule has 0 bridgehead atoms. The number of ether oxygens (including phenoxy) is 1. The van der Waals surface area contributed by atoms with Crippen molar-refractivity contribution in [3.63, 3.8) is 0 Å². The Bertz CT molecular complexity index is 1750. The van der Waals surface area contributed by atoms with Gasteiger partial charge in [-0.2, -0.15) is 0 Å². The van der Waals surface area contributed by atoms with Gasteiger partial charge in [-0.3, -0.25) is 0 Å². The molecule has 4 heteroatoms. The fraction of sp³-hybridized carbons (Fsp3) is 0.552. The van der Waals surface area contributed by atoms with Crippen LogP contribution in [0.3, 0.4) is 0 Å². The van der Waals surface area contributed by atoms with Crippen LogP contribution in [-0.4, -0.2) is 22.6 Å². The maximum absolute atomic E-state index is 6.86. The van der Waals surface area contributed by atoms with Gasteiger partial charge >= 0.3 is 187 Å². The second kappa shape index (κ2) is 2.12. The number of hydrogen-bond acceptors (Lipinski definition) is 2.